The molecule has 0 spiro atoms. The van der Waals surface area contributed by atoms with Crippen LogP contribution >= 0.6 is 0 Å². The van der Waals surface area contributed by atoms with E-state index >= 15 is 0 Å². The maximum atomic E-state index is 3.64. The molecule has 0 saturated carbocycles. The van der Waals surface area contributed by atoms with E-state index in [-0.39, 0.29) is 0 Å². The highest BCUT2D eigenvalue weighted by atomic mass is 14.9. The SMILES string of the molecule is Cc1ccc(Nc2c(-c3ccccc3)ccc3ccccc23)cc1. The molecular formula is C23H19N. The molecule has 0 aromatic heterocycles. The molecule has 0 bridgehead atoms. The molecule has 0 unspecified atom stereocenters. The van der Waals surface area contributed by atoms with Crippen LogP contribution in [0.1, 0.15) is 5.56 Å². The van der Waals surface area contributed by atoms with Gasteiger partial charge in [-0.05, 0) is 30.0 Å². The molecule has 0 heterocycles. The summed E-state index contributed by atoms with van der Waals surface area (Å²) in [5, 5.41) is 6.12. The highest BCUT2D eigenvalue weighted by Crippen LogP contribution is 2.36. The maximum Gasteiger partial charge on any atom is 0.0543 e. The molecule has 24 heavy (non-hydrogen) atoms. The summed E-state index contributed by atoms with van der Waals surface area (Å²) < 4.78 is 0. The Bertz CT molecular complexity index is 970. The fourth-order valence-corrected chi connectivity index (χ4v) is 3.05. The molecule has 0 aliphatic carbocycles. The van der Waals surface area contributed by atoms with Gasteiger partial charge in [0, 0.05) is 16.6 Å². The molecule has 116 valence electrons. The van der Waals surface area contributed by atoms with Gasteiger partial charge in [0.05, 0.1) is 5.69 Å². The number of anilines is 2. The highest BCUT2D eigenvalue weighted by Gasteiger charge is 2.09. The molecule has 0 aliphatic rings. The molecule has 4 aromatic carbocycles. The predicted octanol–water partition coefficient (Wildman–Crippen LogP) is 6.56. The molecule has 1 nitrogen and oxygen atoms in total. The first-order chi connectivity index (χ1) is 11.8. The quantitative estimate of drug-likeness (QED) is 0.452. The van der Waals surface area contributed by atoms with Crippen LogP contribution in [0, 0.1) is 6.92 Å². The summed E-state index contributed by atoms with van der Waals surface area (Å²) in [6, 6.07) is 32.0. The van der Waals surface area contributed by atoms with Crippen molar-refractivity contribution in [3.8, 4) is 11.1 Å². The largest absolute Gasteiger partial charge is 0.355 e. The van der Waals surface area contributed by atoms with Gasteiger partial charge >= 0.3 is 0 Å². The molecular weight excluding hydrogens is 290 g/mol. The minimum absolute atomic E-state index is 1.11. The summed E-state index contributed by atoms with van der Waals surface area (Å²) in [5.41, 5.74) is 5.96. The van der Waals surface area contributed by atoms with Crippen molar-refractivity contribution in [3.05, 3.63) is 96.6 Å². The number of fused-ring (bicyclic) bond motifs is 1. The molecule has 0 fully saturated rings. The van der Waals surface area contributed by atoms with Gasteiger partial charge in [-0.15, -0.1) is 0 Å². The molecule has 0 radical (unpaired) electrons. The third-order valence-corrected chi connectivity index (χ3v) is 4.33. The van der Waals surface area contributed by atoms with Crippen LogP contribution in [0.2, 0.25) is 0 Å². The summed E-state index contributed by atoms with van der Waals surface area (Å²) in [4.78, 5) is 0. The first-order valence-corrected chi connectivity index (χ1v) is 8.22. The van der Waals surface area contributed by atoms with Crippen LogP contribution in [0.5, 0.6) is 0 Å². The zero-order valence-electron chi connectivity index (χ0n) is 13.7. The fourth-order valence-electron chi connectivity index (χ4n) is 3.05. The smallest absolute Gasteiger partial charge is 0.0543 e. The van der Waals surface area contributed by atoms with Crippen LogP contribution in [0.3, 0.4) is 0 Å². The second-order valence-corrected chi connectivity index (χ2v) is 6.07. The van der Waals surface area contributed by atoms with Crippen molar-refractivity contribution in [3.63, 3.8) is 0 Å². The fraction of sp³-hybridized carbons (Fsp3) is 0.0435. The summed E-state index contributed by atoms with van der Waals surface area (Å²) >= 11 is 0. The van der Waals surface area contributed by atoms with E-state index in [1.54, 1.807) is 0 Å². The molecule has 0 aliphatic heterocycles. The van der Waals surface area contributed by atoms with E-state index in [1.165, 1.54) is 27.5 Å². The van der Waals surface area contributed by atoms with E-state index in [2.05, 4.69) is 103 Å². The normalized spacial score (nSPS) is 10.7. The Morgan fingerprint density at radius 2 is 1.33 bits per heavy atom. The number of nitrogens with one attached hydrogen (secondary N) is 1. The Morgan fingerprint density at radius 3 is 2.12 bits per heavy atom. The first-order valence-electron chi connectivity index (χ1n) is 8.22. The average Bonchev–Trinajstić information content (AvgIpc) is 2.64. The van der Waals surface area contributed by atoms with Crippen LogP contribution in [-0.4, -0.2) is 0 Å². The van der Waals surface area contributed by atoms with Crippen LogP contribution in [0.25, 0.3) is 21.9 Å². The van der Waals surface area contributed by atoms with E-state index in [4.69, 9.17) is 0 Å². The van der Waals surface area contributed by atoms with Crippen LogP contribution in [0.15, 0.2) is 91.0 Å². The standard InChI is InChI=1S/C23H19N/c1-17-11-14-20(15-12-17)24-23-21-10-6-5-9-19(21)13-16-22(23)18-7-3-2-4-8-18/h2-16,24H,1H3. The second kappa shape index (κ2) is 6.21. The Morgan fingerprint density at radius 1 is 0.625 bits per heavy atom. The van der Waals surface area contributed by atoms with E-state index < -0.39 is 0 Å². The minimum Gasteiger partial charge on any atom is -0.355 e. The molecule has 4 aromatic rings. The van der Waals surface area contributed by atoms with Crippen molar-refractivity contribution in [2.75, 3.05) is 5.32 Å². The van der Waals surface area contributed by atoms with Gasteiger partial charge in [-0.1, -0.05) is 84.4 Å². The molecule has 0 atom stereocenters. The average molecular weight is 309 g/mol. The van der Waals surface area contributed by atoms with E-state index in [0.29, 0.717) is 0 Å². The number of aryl methyl sites for hydroxylation is 1. The van der Waals surface area contributed by atoms with Gasteiger partial charge in [0.1, 0.15) is 0 Å². The van der Waals surface area contributed by atoms with Crippen molar-refractivity contribution in [2.24, 2.45) is 0 Å². The maximum absolute atomic E-state index is 3.64. The summed E-state index contributed by atoms with van der Waals surface area (Å²) in [5.74, 6) is 0. The van der Waals surface area contributed by atoms with Crippen LogP contribution < -0.4 is 5.32 Å². The zero-order valence-corrected chi connectivity index (χ0v) is 13.7. The van der Waals surface area contributed by atoms with Gasteiger partial charge in [0.25, 0.3) is 0 Å². The highest BCUT2D eigenvalue weighted by molar-refractivity contribution is 6.03. The molecule has 0 saturated heterocycles. The number of hydrogen-bond acceptors (Lipinski definition) is 1. The first kappa shape index (κ1) is 14.5. The van der Waals surface area contributed by atoms with E-state index in [9.17, 15) is 0 Å². The number of rotatable bonds is 3. The third kappa shape index (κ3) is 2.77. The van der Waals surface area contributed by atoms with E-state index in [1.807, 2.05) is 0 Å². The number of hydrogen-bond donors (Lipinski definition) is 1. The Hall–Kier alpha value is -3.06. The second-order valence-electron chi connectivity index (χ2n) is 6.07. The van der Waals surface area contributed by atoms with Crippen molar-refractivity contribution in [1.29, 1.82) is 0 Å². The molecule has 1 heteroatoms. The zero-order chi connectivity index (χ0) is 16.4. The topological polar surface area (TPSA) is 12.0 Å². The van der Waals surface area contributed by atoms with Crippen LogP contribution in [0.4, 0.5) is 11.4 Å². The minimum atomic E-state index is 1.11. The van der Waals surface area contributed by atoms with Crippen LogP contribution in [-0.2, 0) is 0 Å². The van der Waals surface area contributed by atoms with Gasteiger partial charge in [-0.3, -0.25) is 0 Å². The van der Waals surface area contributed by atoms with Crippen molar-refractivity contribution in [1.82, 2.24) is 0 Å². The lowest BCUT2D eigenvalue weighted by atomic mass is 9.98. The third-order valence-electron chi connectivity index (χ3n) is 4.33. The lowest BCUT2D eigenvalue weighted by Crippen LogP contribution is -1.95. The monoisotopic (exact) mass is 309 g/mol. The van der Waals surface area contributed by atoms with Crippen molar-refractivity contribution >= 4 is 22.1 Å². The summed E-state index contributed by atoms with van der Waals surface area (Å²) in [6.07, 6.45) is 0. The predicted molar refractivity (Wildman–Crippen MR) is 104 cm³/mol. The Kier molecular flexibility index (Phi) is 3.76. The molecule has 1 N–H and O–H groups in total. The van der Waals surface area contributed by atoms with E-state index in [0.717, 1.165) is 11.4 Å². The van der Waals surface area contributed by atoms with Gasteiger partial charge in [0.2, 0.25) is 0 Å². The van der Waals surface area contributed by atoms with Gasteiger partial charge < -0.3 is 5.32 Å². The number of benzene rings is 4. The van der Waals surface area contributed by atoms with Crippen molar-refractivity contribution < 1.29 is 0 Å². The molecule has 0 amide bonds. The lowest BCUT2D eigenvalue weighted by molar-refractivity contribution is 1.46. The molecule has 4 rings (SSSR count). The Labute approximate surface area is 142 Å². The van der Waals surface area contributed by atoms with Gasteiger partial charge in [-0.2, -0.15) is 0 Å². The van der Waals surface area contributed by atoms with Crippen molar-refractivity contribution in [2.45, 2.75) is 6.92 Å². The lowest BCUT2D eigenvalue weighted by Gasteiger charge is -2.16. The summed E-state index contributed by atoms with van der Waals surface area (Å²) in [6.45, 7) is 2.11. The van der Waals surface area contributed by atoms with Gasteiger partial charge in [-0.25, -0.2) is 0 Å². The summed E-state index contributed by atoms with van der Waals surface area (Å²) in [7, 11) is 0. The van der Waals surface area contributed by atoms with Gasteiger partial charge in [0.15, 0.2) is 0 Å². The Balaban J connectivity index is 1.91.